The molecule has 3 saturated heterocycles. The van der Waals surface area contributed by atoms with Gasteiger partial charge >= 0.3 is 5.97 Å². The van der Waals surface area contributed by atoms with Crippen LogP contribution in [-0.2, 0) is 19.1 Å². The zero-order valence-corrected chi connectivity index (χ0v) is 19.1. The van der Waals surface area contributed by atoms with Crippen LogP contribution in [0.2, 0.25) is 0 Å². The Bertz CT molecular complexity index is 1100. The van der Waals surface area contributed by atoms with E-state index in [-0.39, 0.29) is 17.9 Å². The fourth-order valence-corrected chi connectivity index (χ4v) is 6.23. The van der Waals surface area contributed by atoms with Crippen molar-refractivity contribution in [3.8, 4) is 16.9 Å². The van der Waals surface area contributed by atoms with Crippen molar-refractivity contribution in [1.82, 2.24) is 9.80 Å². The van der Waals surface area contributed by atoms with Crippen LogP contribution >= 0.6 is 0 Å². The number of carbonyl (C=O) groups is 3. The molecule has 7 heteroatoms. The Labute approximate surface area is 193 Å². The summed E-state index contributed by atoms with van der Waals surface area (Å²) in [5, 5.41) is 0. The summed E-state index contributed by atoms with van der Waals surface area (Å²) in [6, 6.07) is 15.6. The van der Waals surface area contributed by atoms with Gasteiger partial charge in [-0.2, -0.15) is 0 Å². The van der Waals surface area contributed by atoms with Gasteiger partial charge in [0.15, 0.2) is 0 Å². The van der Waals surface area contributed by atoms with Gasteiger partial charge in [0.05, 0.1) is 26.1 Å². The highest BCUT2D eigenvalue weighted by molar-refractivity contribution is 6.09. The topological polar surface area (TPSA) is 76.2 Å². The van der Waals surface area contributed by atoms with Crippen LogP contribution in [0.5, 0.6) is 5.75 Å². The Morgan fingerprint density at radius 3 is 2.21 bits per heavy atom. The lowest BCUT2D eigenvalue weighted by atomic mass is 9.77. The first-order valence-corrected chi connectivity index (χ1v) is 11.4. The molecule has 172 valence electrons. The summed E-state index contributed by atoms with van der Waals surface area (Å²) >= 11 is 0. The van der Waals surface area contributed by atoms with Gasteiger partial charge in [-0.15, -0.1) is 0 Å². The minimum absolute atomic E-state index is 0.186. The van der Waals surface area contributed by atoms with Crippen LogP contribution in [-0.4, -0.2) is 60.4 Å². The summed E-state index contributed by atoms with van der Waals surface area (Å²) in [4.78, 5) is 43.2. The Kier molecular flexibility index (Phi) is 5.24. The van der Waals surface area contributed by atoms with Crippen LogP contribution in [0.1, 0.15) is 31.4 Å². The number of hydrogen-bond donors (Lipinski definition) is 0. The predicted octanol–water partition coefficient (Wildman–Crippen LogP) is 3.05. The second-order valence-electron chi connectivity index (χ2n) is 8.93. The number of esters is 1. The Morgan fingerprint density at radius 2 is 1.64 bits per heavy atom. The monoisotopic (exact) mass is 448 g/mol. The molecule has 0 spiro atoms. The molecule has 0 unspecified atom stereocenters. The molecular weight excluding hydrogens is 420 g/mol. The van der Waals surface area contributed by atoms with Crippen molar-refractivity contribution in [3.63, 3.8) is 0 Å². The highest BCUT2D eigenvalue weighted by Crippen LogP contribution is 2.59. The highest BCUT2D eigenvalue weighted by Gasteiger charge is 2.73. The summed E-state index contributed by atoms with van der Waals surface area (Å²) in [5.41, 5.74) is 1.96. The van der Waals surface area contributed by atoms with Crippen LogP contribution in [0.25, 0.3) is 11.1 Å². The Hall–Kier alpha value is -3.19. The number of imide groups is 1. The Morgan fingerprint density at radius 1 is 1.00 bits per heavy atom. The van der Waals surface area contributed by atoms with E-state index in [1.165, 1.54) is 12.0 Å². The Balaban J connectivity index is 1.56. The van der Waals surface area contributed by atoms with E-state index in [0.717, 1.165) is 28.9 Å². The lowest BCUT2D eigenvalue weighted by Crippen LogP contribution is -2.54. The standard InChI is InChI=1S/C26H28N2O5/c1-4-27-23(29)20-21(24(27)30)26(25(31)33-3)14-5-15-28(26)22(20)18-8-6-16(7-9-18)17-10-12-19(32-2)13-11-17/h6-13,20-22H,4-5,14-15H2,1-3H3/t20-,21-,22+,26-/m0/s1. The number of hydrogen-bond acceptors (Lipinski definition) is 6. The van der Waals surface area contributed by atoms with Gasteiger partial charge in [-0.25, -0.2) is 0 Å². The molecule has 3 aliphatic heterocycles. The summed E-state index contributed by atoms with van der Waals surface area (Å²) in [7, 11) is 3.00. The number of methoxy groups -OCH3 is 2. The predicted molar refractivity (Wildman–Crippen MR) is 121 cm³/mol. The molecule has 4 atom stereocenters. The van der Waals surface area contributed by atoms with E-state index in [1.807, 2.05) is 48.5 Å². The summed E-state index contributed by atoms with van der Waals surface area (Å²) in [6.45, 7) is 2.76. The number of nitrogens with zero attached hydrogens (tertiary/aromatic N) is 2. The van der Waals surface area contributed by atoms with Crippen molar-refractivity contribution in [3.05, 3.63) is 54.1 Å². The van der Waals surface area contributed by atoms with Gasteiger partial charge in [0.2, 0.25) is 11.8 Å². The summed E-state index contributed by atoms with van der Waals surface area (Å²) in [5.74, 6) is -1.33. The number of fused-ring (bicyclic) bond motifs is 3. The molecule has 5 rings (SSSR count). The lowest BCUT2D eigenvalue weighted by Gasteiger charge is -2.36. The van der Waals surface area contributed by atoms with Crippen LogP contribution in [0.4, 0.5) is 0 Å². The molecule has 2 aromatic rings. The fraction of sp³-hybridized carbons (Fsp3) is 0.423. The number of amides is 2. The third kappa shape index (κ3) is 2.95. The van der Waals surface area contributed by atoms with E-state index in [0.29, 0.717) is 19.5 Å². The number of carbonyl (C=O) groups excluding carboxylic acids is 3. The minimum atomic E-state index is -1.07. The number of likely N-dealkylation sites (tertiary alicyclic amines) is 1. The van der Waals surface area contributed by atoms with E-state index in [9.17, 15) is 14.4 Å². The number of benzene rings is 2. The number of rotatable bonds is 5. The van der Waals surface area contributed by atoms with Gasteiger partial charge in [-0.3, -0.25) is 24.2 Å². The maximum absolute atomic E-state index is 13.4. The molecule has 0 aliphatic carbocycles. The molecule has 0 radical (unpaired) electrons. The van der Waals surface area contributed by atoms with Gasteiger partial charge in [-0.05, 0) is 55.1 Å². The first-order valence-electron chi connectivity index (χ1n) is 11.4. The van der Waals surface area contributed by atoms with Crippen molar-refractivity contribution in [2.24, 2.45) is 11.8 Å². The maximum atomic E-state index is 13.4. The van der Waals surface area contributed by atoms with Crippen LogP contribution in [0.15, 0.2) is 48.5 Å². The van der Waals surface area contributed by atoms with Crippen molar-refractivity contribution >= 4 is 17.8 Å². The van der Waals surface area contributed by atoms with Gasteiger partial charge in [-0.1, -0.05) is 36.4 Å². The molecule has 3 fully saturated rings. The molecule has 33 heavy (non-hydrogen) atoms. The lowest BCUT2D eigenvalue weighted by molar-refractivity contribution is -0.159. The van der Waals surface area contributed by atoms with Crippen molar-refractivity contribution < 1.29 is 23.9 Å². The normalized spacial score (nSPS) is 28.7. The quantitative estimate of drug-likeness (QED) is 0.517. The fourth-order valence-electron chi connectivity index (χ4n) is 6.23. The summed E-state index contributed by atoms with van der Waals surface area (Å²) < 4.78 is 10.4. The molecule has 3 heterocycles. The van der Waals surface area contributed by atoms with Gasteiger partial charge in [0.1, 0.15) is 11.3 Å². The van der Waals surface area contributed by atoms with Gasteiger partial charge in [0, 0.05) is 12.6 Å². The molecule has 0 aromatic heterocycles. The van der Waals surface area contributed by atoms with Gasteiger partial charge in [0.25, 0.3) is 0 Å². The molecule has 0 saturated carbocycles. The molecule has 3 aliphatic rings. The van der Waals surface area contributed by atoms with Crippen LogP contribution in [0.3, 0.4) is 0 Å². The number of ether oxygens (including phenoxy) is 2. The second-order valence-corrected chi connectivity index (χ2v) is 8.93. The maximum Gasteiger partial charge on any atom is 0.327 e. The van der Waals surface area contributed by atoms with Crippen molar-refractivity contribution in [1.29, 1.82) is 0 Å². The molecule has 2 aromatic carbocycles. The van der Waals surface area contributed by atoms with E-state index in [2.05, 4.69) is 4.90 Å². The zero-order chi connectivity index (χ0) is 23.3. The van der Waals surface area contributed by atoms with E-state index in [4.69, 9.17) is 9.47 Å². The highest BCUT2D eigenvalue weighted by atomic mass is 16.5. The smallest absolute Gasteiger partial charge is 0.327 e. The zero-order valence-electron chi connectivity index (χ0n) is 19.1. The average molecular weight is 449 g/mol. The molecule has 0 N–H and O–H groups in total. The van der Waals surface area contributed by atoms with E-state index >= 15 is 0 Å². The van der Waals surface area contributed by atoms with Gasteiger partial charge < -0.3 is 9.47 Å². The molecule has 0 bridgehead atoms. The third-order valence-electron chi connectivity index (χ3n) is 7.63. The average Bonchev–Trinajstić information content (AvgIpc) is 3.47. The minimum Gasteiger partial charge on any atom is -0.497 e. The van der Waals surface area contributed by atoms with E-state index in [1.54, 1.807) is 14.0 Å². The largest absolute Gasteiger partial charge is 0.497 e. The summed E-state index contributed by atoms with van der Waals surface area (Å²) in [6.07, 6.45) is 1.31. The van der Waals surface area contributed by atoms with Crippen LogP contribution in [0, 0.1) is 11.8 Å². The second kappa shape index (κ2) is 7.99. The molecule has 7 nitrogen and oxygen atoms in total. The SMILES string of the molecule is CCN1C(=O)[C@@H]2[C@@H](c3ccc(-c4ccc(OC)cc4)cc3)N3CCC[C@@]3(C(=O)OC)[C@@H]2C1=O. The van der Waals surface area contributed by atoms with E-state index < -0.39 is 23.3 Å². The van der Waals surface area contributed by atoms with Crippen LogP contribution < -0.4 is 4.74 Å². The molecule has 2 amide bonds. The first kappa shape index (κ1) is 21.6. The van der Waals surface area contributed by atoms with Crippen molar-refractivity contribution in [2.45, 2.75) is 31.3 Å². The first-order chi connectivity index (χ1) is 16.0. The third-order valence-corrected chi connectivity index (χ3v) is 7.63. The van der Waals surface area contributed by atoms with Crippen molar-refractivity contribution in [2.75, 3.05) is 27.3 Å². The molecular formula is C26H28N2O5.